The summed E-state index contributed by atoms with van der Waals surface area (Å²) in [4.78, 5) is 18.4. The minimum atomic E-state index is 0.269. The highest BCUT2D eigenvalue weighted by Gasteiger charge is 2.30. The van der Waals surface area contributed by atoms with Crippen LogP contribution in [0.1, 0.15) is 24.4 Å². The van der Waals surface area contributed by atoms with E-state index in [0.29, 0.717) is 12.4 Å². The van der Waals surface area contributed by atoms with Gasteiger partial charge in [-0.15, -0.1) is 0 Å². The summed E-state index contributed by atoms with van der Waals surface area (Å²) in [7, 11) is 0. The van der Waals surface area contributed by atoms with Gasteiger partial charge >= 0.3 is 0 Å². The monoisotopic (exact) mass is 309 g/mol. The molecule has 0 saturated carbocycles. The topological polar surface area (TPSA) is 76.2 Å². The molecule has 5 rings (SSSR count). The second kappa shape index (κ2) is 4.84. The molecular weight excluding hydrogens is 294 g/mol. The highest BCUT2D eigenvalue weighted by molar-refractivity contribution is 5.83. The number of imidazole rings is 1. The summed E-state index contributed by atoms with van der Waals surface area (Å²) < 4.78 is 10.9. The summed E-state index contributed by atoms with van der Waals surface area (Å²) in [6.07, 6.45) is 5.44. The Labute approximate surface area is 132 Å². The van der Waals surface area contributed by atoms with Gasteiger partial charge in [-0.3, -0.25) is 0 Å². The Morgan fingerprint density at radius 2 is 2.09 bits per heavy atom. The van der Waals surface area contributed by atoms with E-state index in [1.165, 1.54) is 5.56 Å². The van der Waals surface area contributed by atoms with Gasteiger partial charge < -0.3 is 19.4 Å². The molecule has 0 bridgehead atoms. The van der Waals surface area contributed by atoms with E-state index < -0.39 is 0 Å². The van der Waals surface area contributed by atoms with Crippen molar-refractivity contribution in [2.75, 3.05) is 18.2 Å². The molecule has 1 fully saturated rings. The number of anilines is 1. The van der Waals surface area contributed by atoms with Gasteiger partial charge in [0.2, 0.25) is 6.79 Å². The molecule has 7 nitrogen and oxygen atoms in total. The molecule has 0 aliphatic carbocycles. The van der Waals surface area contributed by atoms with E-state index in [1.807, 2.05) is 6.07 Å². The number of aromatic nitrogens is 4. The maximum Gasteiger partial charge on any atom is 0.231 e. The van der Waals surface area contributed by atoms with Crippen LogP contribution < -0.4 is 14.4 Å². The summed E-state index contributed by atoms with van der Waals surface area (Å²) in [6, 6.07) is 6.45. The third-order valence-corrected chi connectivity index (χ3v) is 4.51. The van der Waals surface area contributed by atoms with E-state index in [-0.39, 0.29) is 6.04 Å². The zero-order valence-electron chi connectivity index (χ0n) is 12.4. The van der Waals surface area contributed by atoms with Crippen LogP contribution in [0.15, 0.2) is 30.9 Å². The minimum Gasteiger partial charge on any atom is -0.454 e. The Morgan fingerprint density at radius 1 is 1.13 bits per heavy atom. The normalized spacial score (nSPS) is 19.7. The predicted octanol–water partition coefficient (Wildman–Crippen LogP) is 2.42. The van der Waals surface area contributed by atoms with Crippen LogP contribution in [0, 0.1) is 0 Å². The first-order chi connectivity index (χ1) is 11.4. The molecule has 23 heavy (non-hydrogen) atoms. The molecule has 4 heterocycles. The molecule has 2 aliphatic rings. The Bertz CT molecular complexity index is 878. The number of H-pyrrole nitrogens is 1. The van der Waals surface area contributed by atoms with Gasteiger partial charge in [-0.05, 0) is 30.5 Å². The number of fused-ring (bicyclic) bond motifs is 2. The van der Waals surface area contributed by atoms with Crippen LogP contribution in [0.25, 0.3) is 11.2 Å². The second-order valence-corrected chi connectivity index (χ2v) is 5.76. The quantitative estimate of drug-likeness (QED) is 0.783. The van der Waals surface area contributed by atoms with E-state index >= 15 is 0 Å². The first-order valence-electron chi connectivity index (χ1n) is 7.70. The third kappa shape index (κ3) is 1.93. The van der Waals surface area contributed by atoms with Crippen molar-refractivity contribution in [1.29, 1.82) is 0 Å². The lowest BCUT2D eigenvalue weighted by Crippen LogP contribution is -2.24. The molecule has 1 aromatic carbocycles. The lowest BCUT2D eigenvalue weighted by molar-refractivity contribution is 0.174. The number of hydrogen-bond acceptors (Lipinski definition) is 6. The molecule has 0 spiro atoms. The van der Waals surface area contributed by atoms with E-state index in [2.05, 4.69) is 37.0 Å². The van der Waals surface area contributed by atoms with Gasteiger partial charge in [-0.2, -0.15) is 0 Å². The molecule has 2 aromatic heterocycles. The third-order valence-electron chi connectivity index (χ3n) is 4.51. The summed E-state index contributed by atoms with van der Waals surface area (Å²) >= 11 is 0. The van der Waals surface area contributed by atoms with Gasteiger partial charge in [-0.25, -0.2) is 15.0 Å². The van der Waals surface area contributed by atoms with Crippen LogP contribution in [-0.4, -0.2) is 33.3 Å². The zero-order chi connectivity index (χ0) is 15.2. The maximum atomic E-state index is 5.51. The molecule has 1 unspecified atom stereocenters. The van der Waals surface area contributed by atoms with Gasteiger partial charge in [0.1, 0.15) is 11.8 Å². The molecular formula is C16H15N5O2. The number of nitrogens with zero attached hydrogens (tertiary/aromatic N) is 4. The summed E-state index contributed by atoms with van der Waals surface area (Å²) in [5.74, 6) is 2.55. The average Bonchev–Trinajstić information content (AvgIpc) is 3.32. The van der Waals surface area contributed by atoms with Gasteiger partial charge in [0.15, 0.2) is 23.0 Å². The smallest absolute Gasteiger partial charge is 0.231 e. The molecule has 7 heteroatoms. The molecule has 1 atom stereocenters. The molecule has 0 amide bonds. The molecule has 116 valence electrons. The SMILES string of the molecule is c1nc(N2CCCC2c2ccc3c(c2)OCO3)c2[nH]cnc2n1. The van der Waals surface area contributed by atoms with Gasteiger partial charge in [-0.1, -0.05) is 6.07 Å². The Kier molecular flexibility index (Phi) is 2.67. The van der Waals surface area contributed by atoms with E-state index in [1.54, 1.807) is 12.7 Å². The van der Waals surface area contributed by atoms with Crippen molar-refractivity contribution in [3.63, 3.8) is 0 Å². The lowest BCUT2D eigenvalue weighted by atomic mass is 10.0. The fourth-order valence-corrected chi connectivity index (χ4v) is 3.46. The van der Waals surface area contributed by atoms with Crippen LogP contribution in [0.3, 0.4) is 0 Å². The standard InChI is InChI=1S/C16H15N5O2/c1-2-11(10-3-4-12-13(6-10)23-9-22-12)21(5-1)16-14-15(18-7-17-14)19-8-20-16/h3-4,6-8,11H,1-2,5,9H2,(H,17,18,19,20). The van der Waals surface area contributed by atoms with Crippen molar-refractivity contribution in [2.24, 2.45) is 0 Å². The van der Waals surface area contributed by atoms with Gasteiger partial charge in [0.05, 0.1) is 12.4 Å². The van der Waals surface area contributed by atoms with Crippen molar-refractivity contribution < 1.29 is 9.47 Å². The molecule has 1 saturated heterocycles. The molecule has 3 aromatic rings. The average molecular weight is 309 g/mol. The van der Waals surface area contributed by atoms with Crippen LogP contribution in [0.5, 0.6) is 11.5 Å². The van der Waals surface area contributed by atoms with Crippen LogP contribution in [0.4, 0.5) is 5.82 Å². The molecule has 0 radical (unpaired) electrons. The second-order valence-electron chi connectivity index (χ2n) is 5.76. The Balaban J connectivity index is 1.57. The van der Waals surface area contributed by atoms with Crippen molar-refractivity contribution in [3.05, 3.63) is 36.4 Å². The van der Waals surface area contributed by atoms with Crippen LogP contribution >= 0.6 is 0 Å². The Morgan fingerprint density at radius 3 is 3.09 bits per heavy atom. The van der Waals surface area contributed by atoms with E-state index in [0.717, 1.165) is 42.2 Å². The summed E-state index contributed by atoms with van der Waals surface area (Å²) in [5.41, 5.74) is 2.81. The number of rotatable bonds is 2. The van der Waals surface area contributed by atoms with Crippen LogP contribution in [-0.2, 0) is 0 Å². The number of nitrogens with one attached hydrogen (secondary N) is 1. The predicted molar refractivity (Wildman–Crippen MR) is 83.6 cm³/mol. The first kappa shape index (κ1) is 12.7. The fourth-order valence-electron chi connectivity index (χ4n) is 3.46. The number of benzene rings is 1. The summed E-state index contributed by atoms with van der Waals surface area (Å²) in [6.45, 7) is 1.26. The van der Waals surface area contributed by atoms with Crippen molar-refractivity contribution in [3.8, 4) is 11.5 Å². The van der Waals surface area contributed by atoms with Crippen LogP contribution in [0.2, 0.25) is 0 Å². The maximum absolute atomic E-state index is 5.51. The van der Waals surface area contributed by atoms with Crippen molar-refractivity contribution in [2.45, 2.75) is 18.9 Å². The highest BCUT2D eigenvalue weighted by atomic mass is 16.7. The lowest BCUT2D eigenvalue weighted by Gasteiger charge is -2.26. The molecule has 2 aliphatic heterocycles. The number of ether oxygens (including phenoxy) is 2. The summed E-state index contributed by atoms with van der Waals surface area (Å²) in [5, 5.41) is 0. The zero-order valence-corrected chi connectivity index (χ0v) is 12.4. The molecule has 1 N–H and O–H groups in total. The minimum absolute atomic E-state index is 0.269. The Hall–Kier alpha value is -2.83. The van der Waals surface area contributed by atoms with Crippen molar-refractivity contribution >= 4 is 17.0 Å². The van der Waals surface area contributed by atoms with Crippen molar-refractivity contribution in [1.82, 2.24) is 19.9 Å². The van der Waals surface area contributed by atoms with Gasteiger partial charge in [0, 0.05) is 6.54 Å². The number of aromatic amines is 1. The first-order valence-corrected chi connectivity index (χ1v) is 7.70. The van der Waals surface area contributed by atoms with E-state index in [9.17, 15) is 0 Å². The highest BCUT2D eigenvalue weighted by Crippen LogP contribution is 2.41. The largest absolute Gasteiger partial charge is 0.454 e. The fraction of sp³-hybridized carbons (Fsp3) is 0.312. The number of hydrogen-bond donors (Lipinski definition) is 1. The van der Waals surface area contributed by atoms with Gasteiger partial charge in [0.25, 0.3) is 0 Å². The van der Waals surface area contributed by atoms with E-state index in [4.69, 9.17) is 9.47 Å².